The monoisotopic (exact) mass is 267 g/mol. The van der Waals surface area contributed by atoms with Gasteiger partial charge in [-0.3, -0.25) is 14.4 Å². The summed E-state index contributed by atoms with van der Waals surface area (Å²) in [5.74, 6) is -0.353. The smallest absolute Gasteiger partial charge is 0.237 e. The molecule has 0 aromatic rings. The van der Waals surface area contributed by atoms with Crippen LogP contribution in [-0.2, 0) is 14.4 Å². The van der Waals surface area contributed by atoms with Crippen molar-refractivity contribution in [1.29, 1.82) is 0 Å². The molecule has 6 heteroatoms. The predicted molar refractivity (Wildman–Crippen MR) is 69.2 cm³/mol. The summed E-state index contributed by atoms with van der Waals surface area (Å²) >= 11 is 0. The van der Waals surface area contributed by atoms with Crippen LogP contribution in [0.4, 0.5) is 0 Å². The summed E-state index contributed by atoms with van der Waals surface area (Å²) in [5.41, 5.74) is -1.04. The molecule has 1 aliphatic carbocycles. The number of piperazine rings is 1. The van der Waals surface area contributed by atoms with Crippen LogP contribution in [0.25, 0.3) is 0 Å². The molecule has 0 bridgehead atoms. The van der Waals surface area contributed by atoms with Crippen LogP contribution in [0.5, 0.6) is 0 Å². The molecule has 1 heterocycles. The highest BCUT2D eigenvalue weighted by Gasteiger charge is 2.41. The standard InChI is InChI=1S/C13H21N3O3/c1-13(2,11(18)14-10-3-4-10)12(19)16-7-5-15(9-17)6-8-16/h9-10H,3-8H2,1-2H3,(H,14,18). The minimum atomic E-state index is -1.04. The van der Waals surface area contributed by atoms with E-state index in [1.165, 1.54) is 0 Å². The van der Waals surface area contributed by atoms with E-state index in [-0.39, 0.29) is 17.9 Å². The molecule has 6 nitrogen and oxygen atoms in total. The average molecular weight is 267 g/mol. The van der Waals surface area contributed by atoms with Gasteiger partial charge in [0.15, 0.2) is 0 Å². The molecule has 106 valence electrons. The summed E-state index contributed by atoms with van der Waals surface area (Å²) in [6.45, 7) is 5.40. The van der Waals surface area contributed by atoms with Crippen LogP contribution in [0.15, 0.2) is 0 Å². The van der Waals surface area contributed by atoms with Crippen molar-refractivity contribution in [2.45, 2.75) is 32.7 Å². The van der Waals surface area contributed by atoms with Crippen LogP contribution >= 0.6 is 0 Å². The second-order valence-corrected chi connectivity index (χ2v) is 5.81. The topological polar surface area (TPSA) is 69.7 Å². The van der Waals surface area contributed by atoms with Crippen molar-refractivity contribution in [3.8, 4) is 0 Å². The van der Waals surface area contributed by atoms with Gasteiger partial charge in [-0.25, -0.2) is 0 Å². The van der Waals surface area contributed by atoms with E-state index in [0.717, 1.165) is 19.3 Å². The molecule has 2 fully saturated rings. The quantitative estimate of drug-likeness (QED) is 0.556. The molecule has 1 N–H and O–H groups in total. The number of hydrogen-bond acceptors (Lipinski definition) is 3. The molecule has 1 saturated carbocycles. The molecule has 1 saturated heterocycles. The Hall–Kier alpha value is -1.59. The van der Waals surface area contributed by atoms with Crippen molar-refractivity contribution in [3.63, 3.8) is 0 Å². The molecule has 0 radical (unpaired) electrons. The van der Waals surface area contributed by atoms with E-state index in [1.54, 1.807) is 23.6 Å². The molecule has 0 spiro atoms. The molecular formula is C13H21N3O3. The molecule has 19 heavy (non-hydrogen) atoms. The molecule has 3 amide bonds. The fourth-order valence-corrected chi connectivity index (χ4v) is 2.12. The number of nitrogens with zero attached hydrogens (tertiary/aromatic N) is 2. The fraction of sp³-hybridized carbons (Fsp3) is 0.769. The van der Waals surface area contributed by atoms with E-state index in [2.05, 4.69) is 5.32 Å². The Balaban J connectivity index is 1.93. The number of carbonyl (C=O) groups is 3. The van der Waals surface area contributed by atoms with E-state index in [1.807, 2.05) is 0 Å². The summed E-state index contributed by atoms with van der Waals surface area (Å²) in [6.07, 6.45) is 2.81. The van der Waals surface area contributed by atoms with Crippen molar-refractivity contribution < 1.29 is 14.4 Å². The van der Waals surface area contributed by atoms with Gasteiger partial charge in [-0.15, -0.1) is 0 Å². The van der Waals surface area contributed by atoms with Crippen LogP contribution in [0, 0.1) is 5.41 Å². The molecular weight excluding hydrogens is 246 g/mol. The highest BCUT2D eigenvalue weighted by molar-refractivity contribution is 6.04. The normalized spacial score (nSPS) is 20.1. The van der Waals surface area contributed by atoms with Gasteiger partial charge in [0, 0.05) is 32.2 Å². The average Bonchev–Trinajstić information content (AvgIpc) is 3.21. The summed E-state index contributed by atoms with van der Waals surface area (Å²) < 4.78 is 0. The van der Waals surface area contributed by atoms with Crippen molar-refractivity contribution in [2.75, 3.05) is 26.2 Å². The largest absolute Gasteiger partial charge is 0.352 e. The summed E-state index contributed by atoms with van der Waals surface area (Å²) in [7, 11) is 0. The molecule has 0 aromatic carbocycles. The van der Waals surface area contributed by atoms with Crippen LogP contribution < -0.4 is 5.32 Å². The van der Waals surface area contributed by atoms with E-state index < -0.39 is 5.41 Å². The van der Waals surface area contributed by atoms with Gasteiger partial charge >= 0.3 is 0 Å². The molecule has 0 atom stereocenters. The highest BCUT2D eigenvalue weighted by Crippen LogP contribution is 2.24. The molecule has 0 aromatic heterocycles. The van der Waals surface area contributed by atoms with Gasteiger partial charge in [0.25, 0.3) is 0 Å². The minimum Gasteiger partial charge on any atom is -0.352 e. The SMILES string of the molecule is CC(C)(C(=O)NC1CC1)C(=O)N1CCN(C=O)CC1. The third-order valence-electron chi connectivity index (χ3n) is 3.77. The number of hydrogen-bond donors (Lipinski definition) is 1. The Bertz CT molecular complexity index is 383. The Kier molecular flexibility index (Phi) is 3.78. The first kappa shape index (κ1) is 13.8. The summed E-state index contributed by atoms with van der Waals surface area (Å²) in [5, 5.41) is 2.88. The zero-order chi connectivity index (χ0) is 14.0. The van der Waals surface area contributed by atoms with Crippen LogP contribution in [0.2, 0.25) is 0 Å². The number of rotatable bonds is 4. The van der Waals surface area contributed by atoms with E-state index in [0.29, 0.717) is 26.2 Å². The van der Waals surface area contributed by atoms with Crippen LogP contribution in [0.3, 0.4) is 0 Å². The zero-order valence-corrected chi connectivity index (χ0v) is 11.5. The second-order valence-electron chi connectivity index (χ2n) is 5.81. The number of nitrogens with one attached hydrogen (secondary N) is 1. The first-order valence-electron chi connectivity index (χ1n) is 6.75. The third-order valence-corrected chi connectivity index (χ3v) is 3.77. The Morgan fingerprint density at radius 2 is 1.74 bits per heavy atom. The maximum atomic E-state index is 12.4. The maximum Gasteiger partial charge on any atom is 0.237 e. The van der Waals surface area contributed by atoms with Gasteiger partial charge in [0.05, 0.1) is 0 Å². The van der Waals surface area contributed by atoms with Crippen molar-refractivity contribution >= 4 is 18.2 Å². The van der Waals surface area contributed by atoms with Gasteiger partial charge in [-0.2, -0.15) is 0 Å². The minimum absolute atomic E-state index is 0.156. The fourth-order valence-electron chi connectivity index (χ4n) is 2.12. The van der Waals surface area contributed by atoms with Crippen LogP contribution in [0.1, 0.15) is 26.7 Å². The van der Waals surface area contributed by atoms with Crippen molar-refractivity contribution in [2.24, 2.45) is 5.41 Å². The molecule has 0 unspecified atom stereocenters. The van der Waals surface area contributed by atoms with Crippen molar-refractivity contribution in [3.05, 3.63) is 0 Å². The number of amides is 3. The predicted octanol–water partition coefficient (Wildman–Crippen LogP) is -0.408. The van der Waals surface area contributed by atoms with E-state index >= 15 is 0 Å². The lowest BCUT2D eigenvalue weighted by Crippen LogP contribution is -2.55. The zero-order valence-electron chi connectivity index (χ0n) is 11.5. The summed E-state index contributed by atoms with van der Waals surface area (Å²) in [4.78, 5) is 38.5. The van der Waals surface area contributed by atoms with Gasteiger partial charge < -0.3 is 15.1 Å². The molecule has 2 rings (SSSR count). The second kappa shape index (κ2) is 5.19. The lowest BCUT2D eigenvalue weighted by molar-refractivity contribution is -0.150. The number of carbonyl (C=O) groups excluding carboxylic acids is 3. The lowest BCUT2D eigenvalue weighted by atomic mass is 9.90. The first-order valence-corrected chi connectivity index (χ1v) is 6.75. The molecule has 2 aliphatic rings. The summed E-state index contributed by atoms with van der Waals surface area (Å²) in [6, 6.07) is 0.256. The first-order chi connectivity index (χ1) is 8.95. The highest BCUT2D eigenvalue weighted by atomic mass is 16.2. The van der Waals surface area contributed by atoms with Gasteiger partial charge in [-0.1, -0.05) is 0 Å². The third kappa shape index (κ3) is 3.05. The van der Waals surface area contributed by atoms with E-state index in [4.69, 9.17) is 0 Å². The molecule has 1 aliphatic heterocycles. The Morgan fingerprint density at radius 3 is 2.21 bits per heavy atom. The Morgan fingerprint density at radius 1 is 1.16 bits per heavy atom. The van der Waals surface area contributed by atoms with Gasteiger partial charge in [0.1, 0.15) is 5.41 Å². The Labute approximate surface area is 113 Å². The van der Waals surface area contributed by atoms with Gasteiger partial charge in [-0.05, 0) is 26.7 Å². The van der Waals surface area contributed by atoms with E-state index in [9.17, 15) is 14.4 Å². The van der Waals surface area contributed by atoms with Gasteiger partial charge in [0.2, 0.25) is 18.2 Å². The van der Waals surface area contributed by atoms with Crippen LogP contribution in [-0.4, -0.2) is 60.2 Å². The lowest BCUT2D eigenvalue weighted by Gasteiger charge is -2.36. The van der Waals surface area contributed by atoms with Crippen molar-refractivity contribution in [1.82, 2.24) is 15.1 Å². The maximum absolute atomic E-state index is 12.4.